The van der Waals surface area contributed by atoms with Crippen molar-refractivity contribution in [1.29, 1.82) is 0 Å². The topological polar surface area (TPSA) is 85.8 Å². The molecule has 0 amide bonds. The quantitative estimate of drug-likeness (QED) is 0.462. The molecule has 7 heteroatoms. The standard InChI is InChI=1S/C16H18N2O5/c1-11(12-5-4-6-13(9-12)18(20)21)17(2)10-15-14(7-8-23-15)16(19)22-3/h4-9,11H,10H2,1-3H3/t11-/m0/s1. The van der Waals surface area contributed by atoms with Crippen molar-refractivity contribution in [3.8, 4) is 0 Å². The highest BCUT2D eigenvalue weighted by molar-refractivity contribution is 5.90. The summed E-state index contributed by atoms with van der Waals surface area (Å²) in [5.74, 6) is 0.0433. The molecule has 2 rings (SSSR count). The highest BCUT2D eigenvalue weighted by atomic mass is 16.6. The van der Waals surface area contributed by atoms with Gasteiger partial charge in [0.2, 0.25) is 0 Å². The highest BCUT2D eigenvalue weighted by Gasteiger charge is 2.20. The summed E-state index contributed by atoms with van der Waals surface area (Å²) in [4.78, 5) is 24.1. The predicted octanol–water partition coefficient (Wildman–Crippen LogP) is 3.17. The van der Waals surface area contributed by atoms with Crippen LogP contribution >= 0.6 is 0 Å². The first-order chi connectivity index (χ1) is 10.9. The molecule has 0 spiro atoms. The number of carbonyl (C=O) groups excluding carboxylic acids is 1. The molecule has 0 fully saturated rings. The molecular formula is C16H18N2O5. The monoisotopic (exact) mass is 318 g/mol. The van der Waals surface area contributed by atoms with E-state index in [0.717, 1.165) is 5.56 Å². The van der Waals surface area contributed by atoms with Gasteiger partial charge in [0.1, 0.15) is 11.3 Å². The van der Waals surface area contributed by atoms with E-state index in [1.165, 1.54) is 19.4 Å². The Morgan fingerprint density at radius 1 is 1.43 bits per heavy atom. The summed E-state index contributed by atoms with van der Waals surface area (Å²) in [6, 6.07) is 7.96. The van der Waals surface area contributed by atoms with Crippen LogP contribution in [0.2, 0.25) is 0 Å². The highest BCUT2D eigenvalue weighted by Crippen LogP contribution is 2.25. The number of carbonyl (C=O) groups is 1. The average Bonchev–Trinajstić information content (AvgIpc) is 3.01. The van der Waals surface area contributed by atoms with E-state index in [-0.39, 0.29) is 11.7 Å². The van der Waals surface area contributed by atoms with Gasteiger partial charge in [0.15, 0.2) is 0 Å². The SMILES string of the molecule is COC(=O)c1ccoc1CN(C)[C@@H](C)c1cccc([N+](=O)[O-])c1. The molecule has 0 aliphatic rings. The van der Waals surface area contributed by atoms with E-state index in [0.29, 0.717) is 17.9 Å². The van der Waals surface area contributed by atoms with Gasteiger partial charge in [0.25, 0.3) is 5.69 Å². The maximum Gasteiger partial charge on any atom is 0.341 e. The van der Waals surface area contributed by atoms with Crippen LogP contribution in [0.4, 0.5) is 5.69 Å². The third-order valence-corrected chi connectivity index (χ3v) is 3.77. The van der Waals surface area contributed by atoms with Gasteiger partial charge in [-0.05, 0) is 25.6 Å². The molecule has 0 radical (unpaired) electrons. The van der Waals surface area contributed by atoms with Gasteiger partial charge in [0.05, 0.1) is 24.8 Å². The fourth-order valence-electron chi connectivity index (χ4n) is 2.27. The van der Waals surface area contributed by atoms with Crippen molar-refractivity contribution in [2.24, 2.45) is 0 Å². The number of esters is 1. The number of hydrogen-bond donors (Lipinski definition) is 0. The fraction of sp³-hybridized carbons (Fsp3) is 0.312. The average molecular weight is 318 g/mol. The number of methoxy groups -OCH3 is 1. The number of nitro groups is 1. The van der Waals surface area contributed by atoms with E-state index in [4.69, 9.17) is 9.15 Å². The summed E-state index contributed by atoms with van der Waals surface area (Å²) in [5.41, 5.74) is 1.24. The normalized spacial score (nSPS) is 12.2. The summed E-state index contributed by atoms with van der Waals surface area (Å²) < 4.78 is 10.1. The van der Waals surface area contributed by atoms with Gasteiger partial charge in [0, 0.05) is 18.2 Å². The van der Waals surface area contributed by atoms with Crippen LogP contribution in [0, 0.1) is 10.1 Å². The Hall–Kier alpha value is -2.67. The summed E-state index contributed by atoms with van der Waals surface area (Å²) in [6.45, 7) is 2.31. The molecule has 1 aromatic heterocycles. The number of benzene rings is 1. The van der Waals surface area contributed by atoms with Crippen LogP contribution in [0.25, 0.3) is 0 Å². The van der Waals surface area contributed by atoms with E-state index < -0.39 is 10.9 Å². The first kappa shape index (κ1) is 16.7. The van der Waals surface area contributed by atoms with E-state index >= 15 is 0 Å². The zero-order valence-electron chi connectivity index (χ0n) is 13.2. The number of furan rings is 1. The second-order valence-corrected chi connectivity index (χ2v) is 5.19. The minimum Gasteiger partial charge on any atom is -0.467 e. The molecule has 1 heterocycles. The number of ether oxygens (including phenoxy) is 1. The van der Waals surface area contributed by atoms with Crippen molar-refractivity contribution in [3.63, 3.8) is 0 Å². The Kier molecular flexibility index (Phi) is 5.13. The van der Waals surface area contributed by atoms with Crippen LogP contribution in [0.5, 0.6) is 0 Å². The summed E-state index contributed by atoms with van der Waals surface area (Å²) in [5, 5.41) is 10.9. The molecule has 122 valence electrons. The zero-order valence-corrected chi connectivity index (χ0v) is 13.2. The van der Waals surface area contributed by atoms with Gasteiger partial charge in [-0.25, -0.2) is 4.79 Å². The second kappa shape index (κ2) is 7.06. The lowest BCUT2D eigenvalue weighted by atomic mass is 10.1. The van der Waals surface area contributed by atoms with Gasteiger partial charge >= 0.3 is 5.97 Å². The summed E-state index contributed by atoms with van der Waals surface area (Å²) in [6.07, 6.45) is 1.44. The van der Waals surface area contributed by atoms with Crippen LogP contribution in [0.3, 0.4) is 0 Å². The van der Waals surface area contributed by atoms with Crippen molar-refractivity contribution in [3.05, 3.63) is 63.6 Å². The Morgan fingerprint density at radius 2 is 2.17 bits per heavy atom. The van der Waals surface area contributed by atoms with Crippen LogP contribution < -0.4 is 0 Å². The Bertz CT molecular complexity index is 710. The number of nitrogens with zero attached hydrogens (tertiary/aromatic N) is 2. The second-order valence-electron chi connectivity index (χ2n) is 5.19. The minimum absolute atomic E-state index is 0.0519. The van der Waals surface area contributed by atoms with E-state index in [1.54, 1.807) is 18.2 Å². The Labute approximate surface area is 133 Å². The van der Waals surface area contributed by atoms with Crippen molar-refractivity contribution in [2.75, 3.05) is 14.2 Å². The predicted molar refractivity (Wildman–Crippen MR) is 83.0 cm³/mol. The molecular weight excluding hydrogens is 300 g/mol. The molecule has 1 atom stereocenters. The first-order valence-electron chi connectivity index (χ1n) is 7.03. The van der Waals surface area contributed by atoms with Gasteiger partial charge in [-0.3, -0.25) is 15.0 Å². The smallest absolute Gasteiger partial charge is 0.341 e. The first-order valence-corrected chi connectivity index (χ1v) is 7.03. The largest absolute Gasteiger partial charge is 0.467 e. The molecule has 0 N–H and O–H groups in total. The van der Waals surface area contributed by atoms with Gasteiger partial charge in [-0.1, -0.05) is 12.1 Å². The Balaban J connectivity index is 2.16. The number of rotatable bonds is 6. The van der Waals surface area contributed by atoms with Crippen LogP contribution in [0.1, 0.15) is 34.6 Å². The Morgan fingerprint density at radius 3 is 2.83 bits per heavy atom. The number of non-ortho nitro benzene ring substituents is 1. The van der Waals surface area contributed by atoms with Crippen LogP contribution in [0.15, 0.2) is 41.0 Å². The summed E-state index contributed by atoms with van der Waals surface area (Å²) in [7, 11) is 3.17. The lowest BCUT2D eigenvalue weighted by molar-refractivity contribution is -0.384. The number of nitro benzene ring substituents is 1. The zero-order chi connectivity index (χ0) is 17.0. The molecule has 0 aliphatic heterocycles. The van der Waals surface area contributed by atoms with E-state index in [1.807, 2.05) is 24.9 Å². The van der Waals surface area contributed by atoms with Crippen molar-refractivity contribution >= 4 is 11.7 Å². The van der Waals surface area contributed by atoms with Gasteiger partial charge in [-0.15, -0.1) is 0 Å². The van der Waals surface area contributed by atoms with E-state index in [9.17, 15) is 14.9 Å². The molecule has 0 bridgehead atoms. The lowest BCUT2D eigenvalue weighted by Crippen LogP contribution is -2.22. The third kappa shape index (κ3) is 3.75. The van der Waals surface area contributed by atoms with Gasteiger partial charge < -0.3 is 9.15 Å². The molecule has 2 aromatic rings. The van der Waals surface area contributed by atoms with Crippen LogP contribution in [-0.4, -0.2) is 29.9 Å². The van der Waals surface area contributed by atoms with Crippen molar-refractivity contribution in [1.82, 2.24) is 4.90 Å². The maximum absolute atomic E-state index is 11.7. The molecule has 1 aromatic carbocycles. The van der Waals surface area contributed by atoms with Crippen LogP contribution in [-0.2, 0) is 11.3 Å². The van der Waals surface area contributed by atoms with Crippen molar-refractivity contribution in [2.45, 2.75) is 19.5 Å². The molecule has 23 heavy (non-hydrogen) atoms. The lowest BCUT2D eigenvalue weighted by Gasteiger charge is -2.24. The molecule has 0 aliphatic carbocycles. The number of hydrogen-bond acceptors (Lipinski definition) is 6. The van der Waals surface area contributed by atoms with E-state index in [2.05, 4.69) is 0 Å². The minimum atomic E-state index is -0.454. The van der Waals surface area contributed by atoms with Gasteiger partial charge in [-0.2, -0.15) is 0 Å². The molecule has 0 saturated carbocycles. The van der Waals surface area contributed by atoms with Crippen molar-refractivity contribution < 1.29 is 18.9 Å². The molecule has 7 nitrogen and oxygen atoms in total. The molecule has 0 saturated heterocycles. The summed E-state index contributed by atoms with van der Waals surface area (Å²) >= 11 is 0. The fourth-order valence-corrected chi connectivity index (χ4v) is 2.27. The third-order valence-electron chi connectivity index (χ3n) is 3.77. The maximum atomic E-state index is 11.7. The molecule has 0 unspecified atom stereocenters.